The van der Waals surface area contributed by atoms with E-state index in [2.05, 4.69) is 10.2 Å². The van der Waals surface area contributed by atoms with Gasteiger partial charge in [-0.15, -0.1) is 0 Å². The number of likely N-dealkylation sites (tertiary alicyclic amines) is 1. The molecular weight excluding hydrogens is 354 g/mol. The van der Waals surface area contributed by atoms with Crippen LogP contribution in [0.2, 0.25) is 0 Å². The average molecular weight is 386 g/mol. The SMILES string of the molecule is Nc1ccc(CNC(=O)N2CC(C(=O)N3CCCN(C4CCC4)CC3)C2)cc1. The molecule has 1 aliphatic carbocycles. The lowest BCUT2D eigenvalue weighted by atomic mass is 9.91. The highest BCUT2D eigenvalue weighted by Crippen LogP contribution is 2.26. The van der Waals surface area contributed by atoms with Crippen LogP contribution in [-0.2, 0) is 11.3 Å². The van der Waals surface area contributed by atoms with Crippen molar-refractivity contribution in [2.24, 2.45) is 5.92 Å². The molecule has 0 unspecified atom stereocenters. The fraction of sp³-hybridized carbons (Fsp3) is 0.619. The normalized spacial score (nSPS) is 21.6. The highest BCUT2D eigenvalue weighted by molar-refractivity contribution is 5.84. The fourth-order valence-corrected chi connectivity index (χ4v) is 4.26. The van der Waals surface area contributed by atoms with Crippen LogP contribution in [-0.4, -0.2) is 71.9 Å². The standard InChI is InChI=1S/C21H31N5O2/c22-18-7-5-16(6-8-18)13-23-21(28)26-14-17(15-26)20(27)25-10-2-9-24(11-12-25)19-3-1-4-19/h5-8,17,19H,1-4,9-15,22H2,(H,23,28). The van der Waals surface area contributed by atoms with Gasteiger partial charge >= 0.3 is 6.03 Å². The monoisotopic (exact) mass is 385 g/mol. The molecule has 0 spiro atoms. The van der Waals surface area contributed by atoms with E-state index in [4.69, 9.17) is 5.73 Å². The minimum Gasteiger partial charge on any atom is -0.399 e. The summed E-state index contributed by atoms with van der Waals surface area (Å²) >= 11 is 0. The molecule has 3 fully saturated rings. The molecule has 0 atom stereocenters. The Labute approximate surface area is 166 Å². The molecule has 7 heteroatoms. The van der Waals surface area contributed by atoms with E-state index < -0.39 is 0 Å². The molecule has 1 aromatic rings. The van der Waals surface area contributed by atoms with Crippen molar-refractivity contribution >= 4 is 17.6 Å². The van der Waals surface area contributed by atoms with Crippen LogP contribution < -0.4 is 11.1 Å². The molecule has 3 amide bonds. The lowest BCUT2D eigenvalue weighted by Gasteiger charge is -2.40. The summed E-state index contributed by atoms with van der Waals surface area (Å²) in [4.78, 5) is 31.4. The first-order chi connectivity index (χ1) is 13.6. The van der Waals surface area contributed by atoms with Crippen LogP contribution in [0.1, 0.15) is 31.2 Å². The van der Waals surface area contributed by atoms with Crippen LogP contribution in [0.5, 0.6) is 0 Å². The molecule has 3 N–H and O–H groups in total. The zero-order chi connectivity index (χ0) is 19.5. The van der Waals surface area contributed by atoms with Crippen molar-refractivity contribution < 1.29 is 9.59 Å². The second-order valence-corrected chi connectivity index (χ2v) is 8.30. The number of amides is 3. The smallest absolute Gasteiger partial charge is 0.317 e. The van der Waals surface area contributed by atoms with Crippen LogP contribution in [0.15, 0.2) is 24.3 Å². The summed E-state index contributed by atoms with van der Waals surface area (Å²) < 4.78 is 0. The summed E-state index contributed by atoms with van der Waals surface area (Å²) in [5, 5.41) is 2.92. The number of hydrogen-bond acceptors (Lipinski definition) is 4. The maximum atomic E-state index is 12.8. The lowest BCUT2D eigenvalue weighted by Crippen LogP contribution is -2.59. The Balaban J connectivity index is 1.19. The number of benzene rings is 1. The molecule has 3 aliphatic rings. The average Bonchev–Trinajstić information content (AvgIpc) is 2.84. The summed E-state index contributed by atoms with van der Waals surface area (Å²) in [7, 11) is 0. The third kappa shape index (κ3) is 4.24. The van der Waals surface area contributed by atoms with Gasteiger partial charge in [0.1, 0.15) is 0 Å². The maximum Gasteiger partial charge on any atom is 0.317 e. The summed E-state index contributed by atoms with van der Waals surface area (Å²) in [6, 6.07) is 8.11. The molecule has 0 bridgehead atoms. The Bertz CT molecular complexity index is 697. The van der Waals surface area contributed by atoms with Gasteiger partial charge < -0.3 is 20.9 Å². The number of nitrogens with two attached hydrogens (primary N) is 1. The van der Waals surface area contributed by atoms with Gasteiger partial charge in [0.2, 0.25) is 5.91 Å². The first kappa shape index (κ1) is 19.1. The number of nitrogen functional groups attached to an aromatic ring is 1. The molecule has 2 heterocycles. The van der Waals surface area contributed by atoms with Crippen molar-refractivity contribution in [3.63, 3.8) is 0 Å². The Kier molecular flexibility index (Phi) is 5.71. The van der Waals surface area contributed by atoms with E-state index >= 15 is 0 Å². The van der Waals surface area contributed by atoms with Crippen molar-refractivity contribution in [1.29, 1.82) is 0 Å². The Morgan fingerprint density at radius 3 is 2.39 bits per heavy atom. The van der Waals surface area contributed by atoms with E-state index in [1.807, 2.05) is 29.2 Å². The van der Waals surface area contributed by atoms with Crippen molar-refractivity contribution in [2.75, 3.05) is 45.0 Å². The van der Waals surface area contributed by atoms with Gasteiger partial charge in [0, 0.05) is 57.5 Å². The van der Waals surface area contributed by atoms with E-state index in [1.54, 1.807) is 4.90 Å². The molecule has 1 saturated carbocycles. The van der Waals surface area contributed by atoms with E-state index in [0.717, 1.165) is 44.2 Å². The molecule has 2 saturated heterocycles. The third-order valence-electron chi connectivity index (χ3n) is 6.37. The first-order valence-electron chi connectivity index (χ1n) is 10.5. The molecule has 4 rings (SSSR count). The van der Waals surface area contributed by atoms with Crippen molar-refractivity contribution in [2.45, 2.75) is 38.3 Å². The van der Waals surface area contributed by atoms with Gasteiger partial charge in [-0.2, -0.15) is 0 Å². The molecular formula is C21H31N5O2. The van der Waals surface area contributed by atoms with Gasteiger partial charge in [-0.25, -0.2) is 4.79 Å². The Morgan fingerprint density at radius 2 is 1.71 bits per heavy atom. The number of carbonyl (C=O) groups excluding carboxylic acids is 2. The first-order valence-corrected chi connectivity index (χ1v) is 10.5. The van der Waals surface area contributed by atoms with Gasteiger partial charge in [-0.1, -0.05) is 18.6 Å². The minimum atomic E-state index is -0.104. The summed E-state index contributed by atoms with van der Waals surface area (Å²) in [6.45, 7) is 5.30. The second-order valence-electron chi connectivity index (χ2n) is 8.30. The van der Waals surface area contributed by atoms with Crippen molar-refractivity contribution in [3.8, 4) is 0 Å². The van der Waals surface area contributed by atoms with E-state index in [0.29, 0.717) is 25.3 Å². The summed E-state index contributed by atoms with van der Waals surface area (Å²) in [5.74, 6) is 0.176. The van der Waals surface area contributed by atoms with E-state index in [-0.39, 0.29) is 17.9 Å². The largest absolute Gasteiger partial charge is 0.399 e. The van der Waals surface area contributed by atoms with E-state index in [1.165, 1.54) is 19.3 Å². The molecule has 0 radical (unpaired) electrons. The maximum absolute atomic E-state index is 12.8. The number of hydrogen-bond donors (Lipinski definition) is 2. The van der Waals surface area contributed by atoms with E-state index in [9.17, 15) is 9.59 Å². The van der Waals surface area contributed by atoms with Gasteiger partial charge in [-0.3, -0.25) is 9.69 Å². The number of urea groups is 1. The predicted octanol–water partition coefficient (Wildman–Crippen LogP) is 1.50. The molecule has 28 heavy (non-hydrogen) atoms. The van der Waals surface area contributed by atoms with Crippen molar-refractivity contribution in [3.05, 3.63) is 29.8 Å². The van der Waals surface area contributed by atoms with Gasteiger partial charge in [-0.05, 0) is 37.0 Å². The van der Waals surface area contributed by atoms with Gasteiger partial charge in [0.05, 0.1) is 5.92 Å². The summed E-state index contributed by atoms with van der Waals surface area (Å²) in [6.07, 6.45) is 5.04. The Hall–Kier alpha value is -2.28. The number of nitrogens with zero attached hydrogens (tertiary/aromatic N) is 3. The van der Waals surface area contributed by atoms with Crippen LogP contribution >= 0.6 is 0 Å². The minimum absolute atomic E-state index is 0.0440. The highest BCUT2D eigenvalue weighted by atomic mass is 16.2. The molecule has 0 aromatic heterocycles. The zero-order valence-electron chi connectivity index (χ0n) is 16.5. The molecule has 152 valence electrons. The topological polar surface area (TPSA) is 81.9 Å². The van der Waals surface area contributed by atoms with Crippen LogP contribution in [0.4, 0.5) is 10.5 Å². The molecule has 1 aromatic carbocycles. The number of carbonyl (C=O) groups is 2. The van der Waals surface area contributed by atoms with Crippen molar-refractivity contribution in [1.82, 2.24) is 20.0 Å². The third-order valence-corrected chi connectivity index (χ3v) is 6.37. The second kappa shape index (κ2) is 8.39. The quantitative estimate of drug-likeness (QED) is 0.770. The Morgan fingerprint density at radius 1 is 0.964 bits per heavy atom. The fourth-order valence-electron chi connectivity index (χ4n) is 4.26. The lowest BCUT2D eigenvalue weighted by molar-refractivity contribution is -0.139. The molecule has 7 nitrogen and oxygen atoms in total. The van der Waals surface area contributed by atoms with Gasteiger partial charge in [0.15, 0.2) is 0 Å². The molecule has 2 aliphatic heterocycles. The number of rotatable bonds is 4. The zero-order valence-corrected chi connectivity index (χ0v) is 16.5. The predicted molar refractivity (Wildman–Crippen MR) is 109 cm³/mol. The summed E-state index contributed by atoms with van der Waals surface area (Å²) in [5.41, 5.74) is 7.40. The van der Waals surface area contributed by atoms with Crippen LogP contribution in [0, 0.1) is 5.92 Å². The number of anilines is 1. The van der Waals surface area contributed by atoms with Crippen LogP contribution in [0.3, 0.4) is 0 Å². The van der Waals surface area contributed by atoms with Gasteiger partial charge in [0.25, 0.3) is 0 Å². The number of nitrogens with one attached hydrogen (secondary N) is 1. The highest BCUT2D eigenvalue weighted by Gasteiger charge is 2.38. The van der Waals surface area contributed by atoms with Crippen LogP contribution in [0.25, 0.3) is 0 Å².